The molecule has 11 heteroatoms. The van der Waals surface area contributed by atoms with Crippen LogP contribution in [0.15, 0.2) is 71.4 Å². The first-order valence-corrected chi connectivity index (χ1v) is 11.9. The van der Waals surface area contributed by atoms with Gasteiger partial charge in [0.05, 0.1) is 6.54 Å². The molecule has 3 aromatic rings. The highest BCUT2D eigenvalue weighted by Gasteiger charge is 2.38. The second kappa shape index (κ2) is 10.5. The molecule has 4 rings (SSSR count). The summed E-state index contributed by atoms with van der Waals surface area (Å²) < 4.78 is 0. The van der Waals surface area contributed by atoms with Crippen molar-refractivity contribution in [3.8, 4) is 0 Å². The summed E-state index contributed by atoms with van der Waals surface area (Å²) in [5.74, 6) is -1.64. The fourth-order valence-electron chi connectivity index (χ4n) is 3.30. The first-order valence-electron chi connectivity index (χ1n) is 9.97. The van der Waals surface area contributed by atoms with E-state index < -0.39 is 11.8 Å². The molecule has 0 unspecified atom stereocenters. The molecule has 0 aliphatic carbocycles. The normalized spacial score (nSPS) is 13.5. The molecular weight excluding hydrogens is 556 g/mol. The summed E-state index contributed by atoms with van der Waals surface area (Å²) in [6.45, 7) is -0.0678. The number of nitrogens with one attached hydrogen (secondary N) is 2. The number of amides is 3. The minimum atomic E-state index is -0.652. The third kappa shape index (κ3) is 5.74. The molecule has 178 valence electrons. The predicted octanol–water partition coefficient (Wildman–Crippen LogP) is 6.98. The zero-order valence-corrected chi connectivity index (χ0v) is 21.3. The highest BCUT2D eigenvalue weighted by atomic mass is 35.5. The van der Waals surface area contributed by atoms with Crippen LogP contribution in [0, 0.1) is 0 Å². The second-order valence-electron chi connectivity index (χ2n) is 7.44. The lowest BCUT2D eigenvalue weighted by molar-refractivity contribution is -0.138. The summed E-state index contributed by atoms with van der Waals surface area (Å²) in [5.41, 5.74) is 1.71. The van der Waals surface area contributed by atoms with Gasteiger partial charge in [0, 0.05) is 37.0 Å². The van der Waals surface area contributed by atoms with Crippen molar-refractivity contribution in [2.75, 3.05) is 10.6 Å². The molecule has 0 radical (unpaired) electrons. The predicted molar refractivity (Wildman–Crippen MR) is 139 cm³/mol. The maximum absolute atomic E-state index is 12.9. The third-order valence-electron chi connectivity index (χ3n) is 4.99. The Labute approximate surface area is 225 Å². The lowest BCUT2D eigenvalue weighted by Gasteiger charge is -2.16. The Bertz CT molecular complexity index is 1370. The summed E-state index contributed by atoms with van der Waals surface area (Å²) in [6, 6.07) is 15.7. The summed E-state index contributed by atoms with van der Waals surface area (Å²) in [7, 11) is 0. The van der Waals surface area contributed by atoms with Crippen LogP contribution in [-0.2, 0) is 16.1 Å². The molecular formula is C24H14Cl5N3O3. The number of hydrogen-bond acceptors (Lipinski definition) is 4. The van der Waals surface area contributed by atoms with Gasteiger partial charge in [-0.05, 0) is 60.2 Å². The number of carbonyl (C=O) groups excluding carboxylic acids is 3. The molecule has 0 aromatic heterocycles. The topological polar surface area (TPSA) is 78.5 Å². The molecule has 6 nitrogen and oxygen atoms in total. The molecule has 0 saturated carbocycles. The van der Waals surface area contributed by atoms with Crippen LogP contribution < -0.4 is 10.6 Å². The van der Waals surface area contributed by atoms with Crippen LogP contribution in [-0.4, -0.2) is 22.6 Å². The number of anilines is 2. The highest BCUT2D eigenvalue weighted by Crippen LogP contribution is 2.30. The van der Waals surface area contributed by atoms with Crippen LogP contribution in [0.25, 0.3) is 0 Å². The van der Waals surface area contributed by atoms with Crippen molar-refractivity contribution in [3.63, 3.8) is 0 Å². The summed E-state index contributed by atoms with van der Waals surface area (Å²) in [5, 5.41) is 6.85. The number of halogens is 5. The summed E-state index contributed by atoms with van der Waals surface area (Å²) in [4.78, 5) is 39.0. The Morgan fingerprint density at radius 1 is 0.743 bits per heavy atom. The number of nitrogens with zero attached hydrogens (tertiary/aromatic N) is 1. The Kier molecular flexibility index (Phi) is 7.59. The van der Waals surface area contributed by atoms with Crippen molar-refractivity contribution in [2.24, 2.45) is 0 Å². The van der Waals surface area contributed by atoms with E-state index in [0.717, 1.165) is 4.90 Å². The second-order valence-corrected chi connectivity index (χ2v) is 9.53. The number of hydrogen-bond donors (Lipinski definition) is 2. The van der Waals surface area contributed by atoms with Crippen molar-refractivity contribution in [1.29, 1.82) is 0 Å². The van der Waals surface area contributed by atoms with E-state index in [9.17, 15) is 14.4 Å². The van der Waals surface area contributed by atoms with Gasteiger partial charge in [-0.3, -0.25) is 19.3 Å². The molecule has 1 heterocycles. The zero-order valence-electron chi connectivity index (χ0n) is 17.5. The van der Waals surface area contributed by atoms with Gasteiger partial charge in [0.25, 0.3) is 17.7 Å². The standard InChI is InChI=1S/C24H14Cl5N3O3/c25-14-4-1-13(19(28)10-14)11-32-23(34)20(29)21(24(32)35)30-17-5-2-12(3-6-17)22(33)31-18-8-15(26)7-16(27)9-18/h1-10,30H,11H2,(H,31,33). The molecule has 0 saturated heterocycles. The van der Waals surface area contributed by atoms with Crippen molar-refractivity contribution < 1.29 is 14.4 Å². The minimum absolute atomic E-state index is 0.0678. The largest absolute Gasteiger partial charge is 0.350 e. The van der Waals surface area contributed by atoms with E-state index in [4.69, 9.17) is 58.0 Å². The van der Waals surface area contributed by atoms with Crippen molar-refractivity contribution in [1.82, 2.24) is 4.90 Å². The summed E-state index contributed by atoms with van der Waals surface area (Å²) >= 11 is 30.2. The van der Waals surface area contributed by atoms with Crippen LogP contribution in [0.5, 0.6) is 0 Å². The van der Waals surface area contributed by atoms with Crippen LogP contribution >= 0.6 is 58.0 Å². The third-order valence-corrected chi connectivity index (χ3v) is 6.37. The van der Waals surface area contributed by atoms with Crippen molar-refractivity contribution in [2.45, 2.75) is 6.54 Å². The lowest BCUT2D eigenvalue weighted by Crippen LogP contribution is -2.32. The van der Waals surface area contributed by atoms with Gasteiger partial charge in [-0.15, -0.1) is 0 Å². The van der Waals surface area contributed by atoms with Crippen LogP contribution in [0.3, 0.4) is 0 Å². The van der Waals surface area contributed by atoms with E-state index in [2.05, 4.69) is 10.6 Å². The van der Waals surface area contributed by atoms with Gasteiger partial charge in [-0.25, -0.2) is 0 Å². The molecule has 35 heavy (non-hydrogen) atoms. The van der Waals surface area contributed by atoms with Gasteiger partial charge < -0.3 is 10.6 Å². The average molecular weight is 570 g/mol. The Hall–Kier alpha value is -2.74. The SMILES string of the molecule is O=C(Nc1cc(Cl)cc(Cl)c1)c1ccc(NC2=C(Cl)C(=O)N(Cc3ccc(Cl)cc3Cl)C2=O)cc1. The van der Waals surface area contributed by atoms with Gasteiger partial charge in [-0.2, -0.15) is 0 Å². The highest BCUT2D eigenvalue weighted by molar-refractivity contribution is 6.48. The number of carbonyl (C=O) groups is 3. The zero-order chi connectivity index (χ0) is 25.3. The maximum Gasteiger partial charge on any atom is 0.279 e. The van der Waals surface area contributed by atoms with Crippen molar-refractivity contribution >= 4 is 87.1 Å². The molecule has 0 bridgehead atoms. The minimum Gasteiger partial charge on any atom is -0.350 e. The van der Waals surface area contributed by atoms with Gasteiger partial charge in [0.1, 0.15) is 10.7 Å². The molecule has 3 aromatic carbocycles. The average Bonchev–Trinajstić information content (AvgIpc) is 2.99. The van der Waals surface area contributed by atoms with Crippen molar-refractivity contribution in [3.05, 3.63) is 103 Å². The van der Waals surface area contributed by atoms with Crippen LogP contribution in [0.2, 0.25) is 20.1 Å². The van der Waals surface area contributed by atoms with Gasteiger partial charge in [0.15, 0.2) is 0 Å². The van der Waals surface area contributed by atoms with E-state index in [1.165, 1.54) is 6.07 Å². The van der Waals surface area contributed by atoms with E-state index >= 15 is 0 Å². The monoisotopic (exact) mass is 567 g/mol. The number of rotatable bonds is 6. The Morgan fingerprint density at radius 2 is 1.40 bits per heavy atom. The Morgan fingerprint density at radius 3 is 2.03 bits per heavy atom. The van der Waals surface area contributed by atoms with E-state index in [-0.39, 0.29) is 23.2 Å². The van der Waals surface area contributed by atoms with Gasteiger partial charge >= 0.3 is 0 Å². The first-order chi connectivity index (χ1) is 16.6. The van der Waals surface area contributed by atoms with Crippen LogP contribution in [0.4, 0.5) is 11.4 Å². The molecule has 2 N–H and O–H groups in total. The summed E-state index contributed by atoms with van der Waals surface area (Å²) in [6.07, 6.45) is 0. The molecule has 0 spiro atoms. The lowest BCUT2D eigenvalue weighted by atomic mass is 10.2. The Balaban J connectivity index is 1.45. The molecule has 3 amide bonds. The smallest absolute Gasteiger partial charge is 0.279 e. The van der Waals surface area contributed by atoms with Crippen LogP contribution in [0.1, 0.15) is 15.9 Å². The number of imide groups is 1. The quantitative estimate of drug-likeness (QED) is 0.314. The molecule has 0 atom stereocenters. The molecule has 1 aliphatic heterocycles. The van der Waals surface area contributed by atoms with Gasteiger partial charge in [0.2, 0.25) is 0 Å². The molecule has 1 aliphatic rings. The maximum atomic E-state index is 12.9. The molecule has 0 fully saturated rings. The number of benzene rings is 3. The van der Waals surface area contributed by atoms with E-state index in [1.54, 1.807) is 54.6 Å². The fourth-order valence-corrected chi connectivity index (χ4v) is 4.52. The van der Waals surface area contributed by atoms with Gasteiger partial charge in [-0.1, -0.05) is 64.1 Å². The first kappa shape index (κ1) is 25.4. The van der Waals surface area contributed by atoms with E-state index in [1.807, 2.05) is 0 Å². The fraction of sp³-hybridized carbons (Fsp3) is 0.0417. The van der Waals surface area contributed by atoms with E-state index in [0.29, 0.717) is 42.6 Å².